The maximum atomic E-state index is 11.9. The molecular formula is C12H15N3O2S. The molecule has 0 saturated heterocycles. The molecule has 2 rings (SSSR count). The van der Waals surface area contributed by atoms with E-state index in [2.05, 4.69) is 9.97 Å². The van der Waals surface area contributed by atoms with E-state index in [1.165, 1.54) is 20.3 Å². The highest BCUT2D eigenvalue weighted by Crippen LogP contribution is 2.19. The summed E-state index contributed by atoms with van der Waals surface area (Å²) in [4.78, 5) is 6.75. The van der Waals surface area contributed by atoms with E-state index in [0.717, 1.165) is 15.4 Å². The molecule has 1 N–H and O–H groups in total. The summed E-state index contributed by atoms with van der Waals surface area (Å²) in [6.07, 6.45) is 1.53. The fraction of sp³-hybridized carbons (Fsp3) is 0.250. The van der Waals surface area contributed by atoms with Gasteiger partial charge in [0.2, 0.25) is 5.16 Å². The van der Waals surface area contributed by atoms with Gasteiger partial charge in [0.25, 0.3) is 10.0 Å². The fourth-order valence-corrected chi connectivity index (χ4v) is 2.26. The molecule has 0 atom stereocenters. The molecular weight excluding hydrogens is 250 g/mol. The van der Waals surface area contributed by atoms with Gasteiger partial charge in [0.05, 0.1) is 11.9 Å². The van der Waals surface area contributed by atoms with Crippen LogP contribution in [0, 0.1) is 6.92 Å². The highest BCUT2D eigenvalue weighted by atomic mass is 32.2. The predicted molar refractivity (Wildman–Crippen MR) is 69.6 cm³/mol. The Bertz CT molecular complexity index is 642. The van der Waals surface area contributed by atoms with Crippen LogP contribution in [0.1, 0.15) is 5.56 Å². The third kappa shape index (κ3) is 2.30. The van der Waals surface area contributed by atoms with Gasteiger partial charge in [-0.15, -0.1) is 0 Å². The first-order chi connectivity index (χ1) is 8.41. The number of hydrogen-bond acceptors (Lipinski definition) is 3. The number of imidazole rings is 1. The number of benzene rings is 1. The molecule has 0 aliphatic rings. The summed E-state index contributed by atoms with van der Waals surface area (Å²) < 4.78 is 24.9. The first kappa shape index (κ1) is 12.8. The average Bonchev–Trinajstić information content (AvgIpc) is 2.79. The number of nitrogens with zero attached hydrogens (tertiary/aromatic N) is 2. The number of aromatic nitrogens is 2. The van der Waals surface area contributed by atoms with Crippen molar-refractivity contribution in [1.29, 1.82) is 0 Å². The van der Waals surface area contributed by atoms with Gasteiger partial charge in [0.1, 0.15) is 0 Å². The van der Waals surface area contributed by atoms with Crippen molar-refractivity contribution >= 4 is 10.0 Å². The van der Waals surface area contributed by atoms with Crippen LogP contribution in [0.3, 0.4) is 0 Å². The Morgan fingerprint density at radius 3 is 2.33 bits per heavy atom. The summed E-state index contributed by atoms with van der Waals surface area (Å²) in [6.45, 7) is 2.00. The van der Waals surface area contributed by atoms with E-state index in [1.807, 2.05) is 31.2 Å². The second kappa shape index (κ2) is 4.55. The monoisotopic (exact) mass is 265 g/mol. The number of hydrogen-bond donors (Lipinski definition) is 1. The lowest BCUT2D eigenvalue weighted by atomic mass is 10.1. The zero-order valence-corrected chi connectivity index (χ0v) is 11.3. The standard InChI is InChI=1S/C12H15N3O2S/c1-9-4-6-10(7-5-9)11-8-13-12(14-11)18(16,17)15(2)3/h4-8H,1-3H3,(H,13,14). The van der Waals surface area contributed by atoms with E-state index >= 15 is 0 Å². The number of nitrogens with one attached hydrogen (secondary N) is 1. The molecule has 2 aromatic rings. The van der Waals surface area contributed by atoms with Crippen molar-refractivity contribution in [3.63, 3.8) is 0 Å². The van der Waals surface area contributed by atoms with Gasteiger partial charge in [-0.25, -0.2) is 17.7 Å². The lowest BCUT2D eigenvalue weighted by molar-refractivity contribution is 0.513. The molecule has 0 aliphatic carbocycles. The van der Waals surface area contributed by atoms with Gasteiger partial charge in [0.15, 0.2) is 0 Å². The summed E-state index contributed by atoms with van der Waals surface area (Å²) in [7, 11) is -0.554. The Hall–Kier alpha value is -1.66. The second-order valence-corrected chi connectivity index (χ2v) is 6.32. The lowest BCUT2D eigenvalue weighted by Crippen LogP contribution is -2.23. The number of aryl methyl sites for hydroxylation is 1. The average molecular weight is 265 g/mol. The van der Waals surface area contributed by atoms with E-state index < -0.39 is 10.0 Å². The Labute approximate surface area is 107 Å². The summed E-state index contributed by atoms with van der Waals surface area (Å²) in [5.41, 5.74) is 2.75. The Balaban J connectivity index is 2.40. The first-order valence-corrected chi connectivity index (χ1v) is 6.90. The molecule has 96 valence electrons. The number of aromatic amines is 1. The van der Waals surface area contributed by atoms with Crippen LogP contribution in [0.15, 0.2) is 35.6 Å². The lowest BCUT2D eigenvalue weighted by Gasteiger charge is -2.07. The maximum Gasteiger partial charge on any atom is 0.276 e. The fourth-order valence-electron chi connectivity index (χ4n) is 1.49. The molecule has 1 aromatic carbocycles. The molecule has 0 aliphatic heterocycles. The highest BCUT2D eigenvalue weighted by molar-refractivity contribution is 7.88. The van der Waals surface area contributed by atoms with E-state index in [4.69, 9.17) is 0 Å². The Morgan fingerprint density at radius 2 is 1.78 bits per heavy atom. The SMILES string of the molecule is Cc1ccc(-c2cnc(S(=O)(=O)N(C)C)[nH]2)cc1. The summed E-state index contributed by atoms with van der Waals surface area (Å²) >= 11 is 0. The Morgan fingerprint density at radius 1 is 1.17 bits per heavy atom. The van der Waals surface area contributed by atoms with Crippen molar-refractivity contribution in [1.82, 2.24) is 14.3 Å². The minimum atomic E-state index is -3.51. The maximum absolute atomic E-state index is 11.9. The van der Waals surface area contributed by atoms with Gasteiger partial charge >= 0.3 is 0 Å². The number of H-pyrrole nitrogens is 1. The largest absolute Gasteiger partial charge is 0.328 e. The van der Waals surface area contributed by atoms with Gasteiger partial charge in [0, 0.05) is 14.1 Å². The zero-order chi connectivity index (χ0) is 13.3. The van der Waals surface area contributed by atoms with Crippen molar-refractivity contribution in [2.75, 3.05) is 14.1 Å². The zero-order valence-electron chi connectivity index (χ0n) is 10.5. The van der Waals surface area contributed by atoms with Crippen molar-refractivity contribution < 1.29 is 8.42 Å². The molecule has 0 saturated carbocycles. The Kier molecular flexibility index (Phi) is 3.23. The van der Waals surface area contributed by atoms with Crippen LogP contribution in [0.4, 0.5) is 0 Å². The topological polar surface area (TPSA) is 66.1 Å². The molecule has 0 bridgehead atoms. The van der Waals surface area contributed by atoms with E-state index in [1.54, 1.807) is 0 Å². The van der Waals surface area contributed by atoms with E-state index in [-0.39, 0.29) is 5.16 Å². The summed E-state index contributed by atoms with van der Waals surface area (Å²) in [6, 6.07) is 7.79. The predicted octanol–water partition coefficient (Wildman–Crippen LogP) is 1.64. The third-order valence-electron chi connectivity index (χ3n) is 2.64. The smallest absolute Gasteiger partial charge is 0.276 e. The van der Waals surface area contributed by atoms with Crippen LogP contribution < -0.4 is 0 Å². The van der Waals surface area contributed by atoms with Crippen LogP contribution in [-0.4, -0.2) is 36.8 Å². The van der Waals surface area contributed by atoms with Crippen molar-refractivity contribution in [2.45, 2.75) is 12.1 Å². The van der Waals surface area contributed by atoms with Crippen LogP contribution in [0.5, 0.6) is 0 Å². The first-order valence-electron chi connectivity index (χ1n) is 5.46. The van der Waals surface area contributed by atoms with Gasteiger partial charge in [-0.2, -0.15) is 0 Å². The molecule has 0 radical (unpaired) electrons. The molecule has 0 unspecified atom stereocenters. The van der Waals surface area contributed by atoms with Gasteiger partial charge < -0.3 is 4.98 Å². The second-order valence-electron chi connectivity index (χ2n) is 4.26. The van der Waals surface area contributed by atoms with Crippen molar-refractivity contribution in [3.8, 4) is 11.3 Å². The minimum Gasteiger partial charge on any atom is -0.328 e. The summed E-state index contributed by atoms with van der Waals surface area (Å²) in [5, 5.41) is -0.0388. The third-order valence-corrected chi connectivity index (χ3v) is 4.30. The van der Waals surface area contributed by atoms with Crippen molar-refractivity contribution in [2.24, 2.45) is 0 Å². The van der Waals surface area contributed by atoms with E-state index in [9.17, 15) is 8.42 Å². The number of rotatable bonds is 3. The normalized spacial score (nSPS) is 12.0. The molecule has 0 spiro atoms. The minimum absolute atomic E-state index is 0.0388. The van der Waals surface area contributed by atoms with Gasteiger partial charge in [-0.1, -0.05) is 29.8 Å². The van der Waals surface area contributed by atoms with Crippen LogP contribution in [0.25, 0.3) is 11.3 Å². The highest BCUT2D eigenvalue weighted by Gasteiger charge is 2.21. The number of sulfonamides is 1. The molecule has 0 fully saturated rings. The molecule has 0 amide bonds. The molecule has 6 heteroatoms. The van der Waals surface area contributed by atoms with E-state index in [0.29, 0.717) is 5.69 Å². The van der Waals surface area contributed by atoms with Crippen LogP contribution in [-0.2, 0) is 10.0 Å². The molecule has 1 aromatic heterocycles. The van der Waals surface area contributed by atoms with Crippen molar-refractivity contribution in [3.05, 3.63) is 36.0 Å². The molecule has 18 heavy (non-hydrogen) atoms. The molecule has 5 nitrogen and oxygen atoms in total. The van der Waals surface area contributed by atoms with Gasteiger partial charge in [-0.3, -0.25) is 0 Å². The van der Waals surface area contributed by atoms with Crippen LogP contribution >= 0.6 is 0 Å². The quantitative estimate of drug-likeness (QED) is 0.917. The summed E-state index contributed by atoms with van der Waals surface area (Å²) in [5.74, 6) is 0. The van der Waals surface area contributed by atoms with Crippen LogP contribution in [0.2, 0.25) is 0 Å². The van der Waals surface area contributed by atoms with Gasteiger partial charge in [-0.05, 0) is 12.5 Å². The molecule has 1 heterocycles.